The van der Waals surface area contributed by atoms with Crippen LogP contribution in [0.4, 0.5) is 13.2 Å². The van der Waals surface area contributed by atoms with Crippen molar-refractivity contribution in [2.24, 2.45) is 10.7 Å². The number of unbranched alkanes of at least 4 members (excludes halogenated alkanes) is 2. The molecule has 0 spiro atoms. The standard InChI is InChI=1S/C35H50F3N5O5/c1-4-6-16-40-34(39)41-32(44)30(48-33(45)35(36,37)38)24-27-14-15-28(26-12-9-8-10-13-26)31(47-23-11-22-46-3)29(27)25-43-20-18-42(19-21-43)17-7-5-2/h8-10,12-15,30H,4-7,11,16-25H2,1-3H3,(H3,39,40,41,44). The van der Waals surface area contributed by atoms with Crippen LogP contribution < -0.4 is 15.8 Å². The monoisotopic (exact) mass is 677 g/mol. The Morgan fingerprint density at radius 3 is 2.29 bits per heavy atom. The Morgan fingerprint density at radius 2 is 1.65 bits per heavy atom. The van der Waals surface area contributed by atoms with Crippen molar-refractivity contribution in [3.63, 3.8) is 0 Å². The minimum atomic E-state index is -5.30. The fraction of sp³-hybridized carbons (Fsp3) is 0.571. The number of hydrogen-bond acceptors (Lipinski definition) is 8. The predicted molar refractivity (Wildman–Crippen MR) is 180 cm³/mol. The first-order valence-corrected chi connectivity index (χ1v) is 16.7. The molecule has 1 saturated heterocycles. The molecule has 0 radical (unpaired) electrons. The molecule has 48 heavy (non-hydrogen) atoms. The number of methoxy groups -OCH3 is 1. The second kappa shape index (κ2) is 20.0. The number of ether oxygens (including phenoxy) is 3. The summed E-state index contributed by atoms with van der Waals surface area (Å²) in [5.41, 5.74) is 8.78. The SMILES string of the molecule is CCCCN=C(N)NC(=O)C(Cc1ccc(-c2ccccc2)c(OCCCOC)c1CN1CCN(CCCC)CC1)OC(=O)C(F)(F)F. The van der Waals surface area contributed by atoms with Crippen molar-refractivity contribution in [3.05, 3.63) is 53.6 Å². The zero-order chi connectivity index (χ0) is 34.9. The second-order valence-corrected chi connectivity index (χ2v) is 11.8. The lowest BCUT2D eigenvalue weighted by Crippen LogP contribution is -2.47. The average molecular weight is 678 g/mol. The van der Waals surface area contributed by atoms with Crippen LogP contribution in [0.25, 0.3) is 11.1 Å². The minimum Gasteiger partial charge on any atom is -0.493 e. The van der Waals surface area contributed by atoms with Crippen LogP contribution in [0.5, 0.6) is 5.75 Å². The molecule has 3 rings (SSSR count). The van der Waals surface area contributed by atoms with E-state index in [0.717, 1.165) is 63.1 Å². The van der Waals surface area contributed by atoms with Crippen LogP contribution in [0.2, 0.25) is 0 Å². The molecule has 1 atom stereocenters. The number of piperazine rings is 1. The van der Waals surface area contributed by atoms with Crippen molar-refractivity contribution in [2.45, 2.75) is 71.2 Å². The Labute approximate surface area is 281 Å². The average Bonchev–Trinajstić information content (AvgIpc) is 3.07. The molecular formula is C35H50F3N5O5. The Hall–Kier alpha value is -3.68. The summed E-state index contributed by atoms with van der Waals surface area (Å²) in [6, 6.07) is 13.2. The van der Waals surface area contributed by atoms with Gasteiger partial charge in [-0.1, -0.05) is 69.2 Å². The van der Waals surface area contributed by atoms with E-state index in [9.17, 15) is 22.8 Å². The number of carbonyl (C=O) groups excluding carboxylic acids is 2. The molecule has 10 nitrogen and oxygen atoms in total. The van der Waals surface area contributed by atoms with E-state index < -0.39 is 24.2 Å². The van der Waals surface area contributed by atoms with Crippen molar-refractivity contribution in [3.8, 4) is 16.9 Å². The molecule has 1 aliphatic rings. The Bertz CT molecular complexity index is 1320. The summed E-state index contributed by atoms with van der Waals surface area (Å²) in [6.45, 7) is 10.0. The number of esters is 1. The van der Waals surface area contributed by atoms with Gasteiger partial charge < -0.3 is 24.8 Å². The highest BCUT2D eigenvalue weighted by Gasteiger charge is 2.43. The number of rotatable bonds is 18. The number of guanidine groups is 1. The largest absolute Gasteiger partial charge is 0.493 e. The van der Waals surface area contributed by atoms with Gasteiger partial charge in [0, 0.05) is 77.0 Å². The van der Waals surface area contributed by atoms with Crippen LogP contribution in [0, 0.1) is 0 Å². The predicted octanol–water partition coefficient (Wildman–Crippen LogP) is 4.93. The van der Waals surface area contributed by atoms with Gasteiger partial charge in [-0.2, -0.15) is 13.2 Å². The molecule has 1 amide bonds. The second-order valence-electron chi connectivity index (χ2n) is 11.8. The van der Waals surface area contributed by atoms with E-state index in [4.69, 9.17) is 19.9 Å². The molecule has 13 heteroatoms. The summed E-state index contributed by atoms with van der Waals surface area (Å²) < 4.78 is 56.6. The number of carbonyl (C=O) groups is 2. The van der Waals surface area contributed by atoms with Crippen LogP contribution in [0.1, 0.15) is 57.1 Å². The molecule has 1 unspecified atom stereocenters. The number of benzene rings is 2. The van der Waals surface area contributed by atoms with E-state index >= 15 is 0 Å². The molecule has 0 bridgehead atoms. The van der Waals surface area contributed by atoms with Crippen LogP contribution in [-0.2, 0) is 32.0 Å². The maximum absolute atomic E-state index is 13.4. The molecule has 1 fully saturated rings. The number of halogens is 3. The number of nitrogens with two attached hydrogens (primary N) is 1. The molecule has 0 aliphatic carbocycles. The van der Waals surface area contributed by atoms with Gasteiger partial charge in [0.1, 0.15) is 5.75 Å². The summed E-state index contributed by atoms with van der Waals surface area (Å²) >= 11 is 0. The molecule has 1 heterocycles. The van der Waals surface area contributed by atoms with E-state index in [1.807, 2.05) is 43.3 Å². The summed E-state index contributed by atoms with van der Waals surface area (Å²) in [5.74, 6) is -3.17. The van der Waals surface area contributed by atoms with Gasteiger partial charge >= 0.3 is 12.1 Å². The molecular weight excluding hydrogens is 627 g/mol. The number of hydrogen-bond donors (Lipinski definition) is 2. The number of amides is 1. The molecule has 266 valence electrons. The minimum absolute atomic E-state index is 0.260. The van der Waals surface area contributed by atoms with Gasteiger partial charge in [-0.15, -0.1) is 0 Å². The van der Waals surface area contributed by atoms with Gasteiger partial charge in [0.05, 0.1) is 6.61 Å². The van der Waals surface area contributed by atoms with Gasteiger partial charge in [-0.25, -0.2) is 4.79 Å². The van der Waals surface area contributed by atoms with Gasteiger partial charge in [-0.05, 0) is 30.5 Å². The normalized spacial score (nSPS) is 15.2. The lowest BCUT2D eigenvalue weighted by molar-refractivity contribution is -0.205. The van der Waals surface area contributed by atoms with Crippen molar-refractivity contribution in [2.75, 3.05) is 59.6 Å². The third kappa shape index (κ3) is 12.4. The topological polar surface area (TPSA) is 119 Å². The summed E-state index contributed by atoms with van der Waals surface area (Å²) in [7, 11) is 1.61. The van der Waals surface area contributed by atoms with E-state index in [1.165, 1.54) is 0 Å². The maximum Gasteiger partial charge on any atom is 0.490 e. The van der Waals surface area contributed by atoms with Crippen molar-refractivity contribution in [1.82, 2.24) is 15.1 Å². The fourth-order valence-electron chi connectivity index (χ4n) is 5.38. The van der Waals surface area contributed by atoms with E-state index in [0.29, 0.717) is 56.0 Å². The summed E-state index contributed by atoms with van der Waals surface area (Å²) in [6.07, 6.45) is -3.09. The van der Waals surface area contributed by atoms with Crippen LogP contribution >= 0.6 is 0 Å². The quantitative estimate of drug-likeness (QED) is 0.0987. The highest BCUT2D eigenvalue weighted by molar-refractivity contribution is 5.99. The number of alkyl halides is 3. The van der Waals surface area contributed by atoms with Crippen molar-refractivity contribution >= 4 is 17.8 Å². The number of nitrogens with zero attached hydrogens (tertiary/aromatic N) is 3. The maximum atomic E-state index is 13.4. The highest BCUT2D eigenvalue weighted by atomic mass is 19.4. The zero-order valence-electron chi connectivity index (χ0n) is 28.3. The summed E-state index contributed by atoms with van der Waals surface area (Å²) in [4.78, 5) is 34.1. The van der Waals surface area contributed by atoms with E-state index in [2.05, 4.69) is 27.0 Å². The lowest BCUT2D eigenvalue weighted by atomic mass is 9.93. The first kappa shape index (κ1) is 38.8. The lowest BCUT2D eigenvalue weighted by Gasteiger charge is -2.35. The first-order chi connectivity index (χ1) is 23.1. The third-order valence-corrected chi connectivity index (χ3v) is 8.08. The van der Waals surface area contributed by atoms with Crippen LogP contribution in [0.15, 0.2) is 47.5 Å². The Balaban J connectivity index is 2.05. The van der Waals surface area contributed by atoms with Gasteiger partial charge in [0.25, 0.3) is 5.91 Å². The summed E-state index contributed by atoms with van der Waals surface area (Å²) in [5, 5.41) is 2.32. The number of aliphatic imine (C=N–C) groups is 1. The Morgan fingerprint density at radius 1 is 0.958 bits per heavy atom. The first-order valence-electron chi connectivity index (χ1n) is 16.7. The van der Waals surface area contributed by atoms with Crippen molar-refractivity contribution < 1.29 is 37.0 Å². The van der Waals surface area contributed by atoms with Crippen LogP contribution in [0.3, 0.4) is 0 Å². The van der Waals surface area contributed by atoms with Gasteiger partial charge in [0.2, 0.25) is 0 Å². The zero-order valence-corrected chi connectivity index (χ0v) is 28.3. The van der Waals surface area contributed by atoms with Gasteiger partial charge in [0.15, 0.2) is 12.1 Å². The molecule has 2 aromatic rings. The fourth-order valence-corrected chi connectivity index (χ4v) is 5.38. The number of nitrogens with one attached hydrogen (secondary N) is 1. The molecule has 0 saturated carbocycles. The Kier molecular flexibility index (Phi) is 16.1. The smallest absolute Gasteiger partial charge is 0.490 e. The van der Waals surface area contributed by atoms with Gasteiger partial charge in [-0.3, -0.25) is 20.0 Å². The molecule has 1 aliphatic heterocycles. The van der Waals surface area contributed by atoms with Crippen molar-refractivity contribution in [1.29, 1.82) is 0 Å². The van der Waals surface area contributed by atoms with E-state index in [1.54, 1.807) is 13.2 Å². The molecule has 0 aromatic heterocycles. The van der Waals surface area contributed by atoms with Crippen LogP contribution in [-0.4, -0.2) is 99.5 Å². The molecule has 3 N–H and O–H groups in total. The highest BCUT2D eigenvalue weighted by Crippen LogP contribution is 2.37. The van der Waals surface area contributed by atoms with E-state index in [-0.39, 0.29) is 12.4 Å². The molecule has 2 aromatic carbocycles. The third-order valence-electron chi connectivity index (χ3n) is 8.08.